The standard InChI is InChI=1S/C15H10F3N3/c16-10-6-2-1-4-8(10)12-14(20-21-15(12)19)9-5-3-7-11(17)13(9)18/h1-7H,(H3,19,20,21). The molecule has 0 saturated carbocycles. The SMILES string of the molecule is Nc1n[nH]c(-c2cccc(F)c2F)c1-c1ccccc1F. The minimum absolute atomic E-state index is 0.0127. The molecule has 0 bridgehead atoms. The smallest absolute Gasteiger partial charge is 0.168 e. The first kappa shape index (κ1) is 13.2. The summed E-state index contributed by atoms with van der Waals surface area (Å²) in [7, 11) is 0. The minimum Gasteiger partial charge on any atom is -0.382 e. The highest BCUT2D eigenvalue weighted by Gasteiger charge is 2.21. The Bertz CT molecular complexity index is 812. The van der Waals surface area contributed by atoms with Gasteiger partial charge in [-0.2, -0.15) is 5.10 Å². The Morgan fingerprint density at radius 1 is 0.857 bits per heavy atom. The topological polar surface area (TPSA) is 54.7 Å². The molecule has 3 nitrogen and oxygen atoms in total. The second-order valence-corrected chi connectivity index (χ2v) is 4.44. The van der Waals surface area contributed by atoms with E-state index in [4.69, 9.17) is 5.73 Å². The molecule has 6 heteroatoms. The van der Waals surface area contributed by atoms with Crippen LogP contribution in [0, 0.1) is 17.5 Å². The molecule has 1 heterocycles. The lowest BCUT2D eigenvalue weighted by atomic mass is 10.00. The maximum absolute atomic E-state index is 13.9. The van der Waals surface area contributed by atoms with Gasteiger partial charge >= 0.3 is 0 Å². The molecule has 106 valence electrons. The average molecular weight is 289 g/mol. The molecule has 0 aliphatic rings. The van der Waals surface area contributed by atoms with E-state index in [-0.39, 0.29) is 28.2 Å². The molecule has 0 radical (unpaired) electrons. The molecule has 2 aromatic carbocycles. The third-order valence-electron chi connectivity index (χ3n) is 3.16. The van der Waals surface area contributed by atoms with Gasteiger partial charge in [-0.3, -0.25) is 5.10 Å². The van der Waals surface area contributed by atoms with Crippen LogP contribution in [0.3, 0.4) is 0 Å². The second-order valence-electron chi connectivity index (χ2n) is 4.44. The summed E-state index contributed by atoms with van der Waals surface area (Å²) in [6, 6.07) is 9.63. The monoisotopic (exact) mass is 289 g/mol. The summed E-state index contributed by atoms with van der Waals surface area (Å²) >= 11 is 0. The fourth-order valence-electron chi connectivity index (χ4n) is 2.18. The van der Waals surface area contributed by atoms with Crippen molar-refractivity contribution in [3.63, 3.8) is 0 Å². The molecule has 3 rings (SSSR count). The molecular weight excluding hydrogens is 279 g/mol. The Kier molecular flexibility index (Phi) is 3.13. The zero-order valence-corrected chi connectivity index (χ0v) is 10.7. The highest BCUT2D eigenvalue weighted by Crippen LogP contribution is 2.37. The molecule has 3 N–H and O–H groups in total. The highest BCUT2D eigenvalue weighted by atomic mass is 19.2. The molecule has 0 spiro atoms. The number of aromatic nitrogens is 2. The lowest BCUT2D eigenvalue weighted by Crippen LogP contribution is -1.94. The summed E-state index contributed by atoms with van der Waals surface area (Å²) in [6.07, 6.45) is 0. The molecule has 21 heavy (non-hydrogen) atoms. The lowest BCUT2D eigenvalue weighted by Gasteiger charge is -2.07. The molecule has 0 saturated heterocycles. The van der Waals surface area contributed by atoms with Crippen LogP contribution in [0.25, 0.3) is 22.4 Å². The van der Waals surface area contributed by atoms with Gasteiger partial charge in [-0.15, -0.1) is 0 Å². The maximum atomic E-state index is 13.9. The van der Waals surface area contributed by atoms with E-state index in [0.717, 1.165) is 6.07 Å². The Labute approximate surface area is 118 Å². The summed E-state index contributed by atoms with van der Waals surface area (Å²) in [5.74, 6) is -2.55. The van der Waals surface area contributed by atoms with E-state index >= 15 is 0 Å². The lowest BCUT2D eigenvalue weighted by molar-refractivity contribution is 0.511. The van der Waals surface area contributed by atoms with E-state index in [1.54, 1.807) is 6.07 Å². The minimum atomic E-state index is -1.04. The molecule has 0 atom stereocenters. The van der Waals surface area contributed by atoms with Crippen molar-refractivity contribution < 1.29 is 13.2 Å². The van der Waals surface area contributed by atoms with Gasteiger partial charge in [-0.25, -0.2) is 13.2 Å². The number of nitrogen functional groups attached to an aromatic ring is 1. The summed E-state index contributed by atoms with van der Waals surface area (Å²) in [5, 5.41) is 6.31. The van der Waals surface area contributed by atoms with Gasteiger partial charge in [-0.05, 0) is 18.2 Å². The van der Waals surface area contributed by atoms with Gasteiger partial charge in [-0.1, -0.05) is 24.3 Å². The van der Waals surface area contributed by atoms with E-state index < -0.39 is 17.5 Å². The predicted octanol–water partition coefficient (Wildman–Crippen LogP) is 3.74. The van der Waals surface area contributed by atoms with Crippen molar-refractivity contribution >= 4 is 5.82 Å². The van der Waals surface area contributed by atoms with Gasteiger partial charge in [0, 0.05) is 11.1 Å². The number of nitrogens with two attached hydrogens (primary N) is 1. The van der Waals surface area contributed by atoms with E-state index in [2.05, 4.69) is 10.2 Å². The number of nitrogens with one attached hydrogen (secondary N) is 1. The number of hydrogen-bond acceptors (Lipinski definition) is 2. The van der Waals surface area contributed by atoms with E-state index in [1.165, 1.54) is 30.3 Å². The number of nitrogens with zero attached hydrogens (tertiary/aromatic N) is 1. The van der Waals surface area contributed by atoms with Gasteiger partial charge in [0.05, 0.1) is 11.3 Å². The molecule has 3 aromatic rings. The number of anilines is 1. The zero-order chi connectivity index (χ0) is 15.0. The number of rotatable bonds is 2. The number of benzene rings is 2. The van der Waals surface area contributed by atoms with Crippen LogP contribution in [0.5, 0.6) is 0 Å². The number of aromatic amines is 1. The van der Waals surface area contributed by atoms with Crippen LogP contribution >= 0.6 is 0 Å². The fraction of sp³-hybridized carbons (Fsp3) is 0. The quantitative estimate of drug-likeness (QED) is 0.755. The van der Waals surface area contributed by atoms with Gasteiger partial charge < -0.3 is 5.73 Å². The first-order chi connectivity index (χ1) is 10.1. The van der Waals surface area contributed by atoms with Crippen LogP contribution in [-0.4, -0.2) is 10.2 Å². The van der Waals surface area contributed by atoms with Crippen LogP contribution in [0.1, 0.15) is 0 Å². The highest BCUT2D eigenvalue weighted by molar-refractivity contribution is 5.88. The molecular formula is C15H10F3N3. The van der Waals surface area contributed by atoms with E-state index in [1.807, 2.05) is 0 Å². The number of H-pyrrole nitrogens is 1. The van der Waals surface area contributed by atoms with Crippen LogP contribution in [-0.2, 0) is 0 Å². The van der Waals surface area contributed by atoms with Crippen molar-refractivity contribution in [3.8, 4) is 22.4 Å². The fourth-order valence-corrected chi connectivity index (χ4v) is 2.18. The number of halogens is 3. The van der Waals surface area contributed by atoms with Crippen molar-refractivity contribution in [2.24, 2.45) is 0 Å². The molecule has 0 aliphatic heterocycles. The summed E-state index contributed by atoms with van der Waals surface area (Å²) in [5.41, 5.74) is 6.19. The Morgan fingerprint density at radius 2 is 1.52 bits per heavy atom. The van der Waals surface area contributed by atoms with Gasteiger partial charge in [0.15, 0.2) is 17.5 Å². The van der Waals surface area contributed by atoms with Crippen LogP contribution in [0.2, 0.25) is 0 Å². The molecule has 1 aromatic heterocycles. The Morgan fingerprint density at radius 3 is 2.29 bits per heavy atom. The third-order valence-corrected chi connectivity index (χ3v) is 3.16. The van der Waals surface area contributed by atoms with Crippen molar-refractivity contribution in [3.05, 3.63) is 59.9 Å². The van der Waals surface area contributed by atoms with Crippen molar-refractivity contribution in [2.45, 2.75) is 0 Å². The van der Waals surface area contributed by atoms with Gasteiger partial charge in [0.1, 0.15) is 5.82 Å². The van der Waals surface area contributed by atoms with Crippen molar-refractivity contribution in [1.29, 1.82) is 0 Å². The largest absolute Gasteiger partial charge is 0.382 e. The molecule has 0 fully saturated rings. The van der Waals surface area contributed by atoms with Crippen LogP contribution in [0.15, 0.2) is 42.5 Å². The second kappa shape index (κ2) is 4.97. The van der Waals surface area contributed by atoms with Crippen molar-refractivity contribution in [2.75, 3.05) is 5.73 Å². The Hall–Kier alpha value is -2.76. The first-order valence-corrected chi connectivity index (χ1v) is 6.12. The maximum Gasteiger partial charge on any atom is 0.168 e. The Balaban J connectivity index is 2.28. The third kappa shape index (κ3) is 2.14. The molecule has 0 aliphatic carbocycles. The predicted molar refractivity (Wildman–Crippen MR) is 73.7 cm³/mol. The van der Waals surface area contributed by atoms with Crippen molar-refractivity contribution in [1.82, 2.24) is 10.2 Å². The normalized spacial score (nSPS) is 10.8. The van der Waals surface area contributed by atoms with Gasteiger partial charge in [0.2, 0.25) is 0 Å². The molecule has 0 amide bonds. The molecule has 0 unspecified atom stereocenters. The van der Waals surface area contributed by atoms with Gasteiger partial charge in [0.25, 0.3) is 0 Å². The number of hydrogen-bond donors (Lipinski definition) is 2. The summed E-state index contributed by atoms with van der Waals surface area (Å²) in [6.45, 7) is 0. The first-order valence-electron chi connectivity index (χ1n) is 6.12. The van der Waals surface area contributed by atoms with E-state index in [0.29, 0.717) is 0 Å². The summed E-state index contributed by atoms with van der Waals surface area (Å²) in [4.78, 5) is 0. The summed E-state index contributed by atoms with van der Waals surface area (Å²) < 4.78 is 41.2. The zero-order valence-electron chi connectivity index (χ0n) is 10.7. The average Bonchev–Trinajstić information content (AvgIpc) is 2.84. The van der Waals surface area contributed by atoms with Crippen LogP contribution < -0.4 is 5.73 Å². The van der Waals surface area contributed by atoms with E-state index in [9.17, 15) is 13.2 Å². The van der Waals surface area contributed by atoms with Crippen LogP contribution in [0.4, 0.5) is 19.0 Å².